The van der Waals surface area contributed by atoms with Crippen LogP contribution >= 0.6 is 0 Å². The first-order valence-electron chi connectivity index (χ1n) is 17.8. The van der Waals surface area contributed by atoms with Crippen LogP contribution < -0.4 is 0 Å². The van der Waals surface area contributed by atoms with Gasteiger partial charge in [-0.2, -0.15) is 0 Å². The zero-order valence-electron chi connectivity index (χ0n) is 30.4. The fraction of sp³-hybridized carbons (Fsp3) is 0.868. The first-order chi connectivity index (χ1) is 21.3. The summed E-state index contributed by atoms with van der Waals surface area (Å²) >= 11 is 0. The zero-order chi connectivity index (χ0) is 34.2. The van der Waals surface area contributed by atoms with E-state index in [0.29, 0.717) is 38.1 Å². The van der Waals surface area contributed by atoms with E-state index in [2.05, 4.69) is 67.5 Å². The fourth-order valence-corrected chi connectivity index (χ4v) is 11.9. The molecule has 1 aliphatic heterocycles. The molecule has 3 saturated carbocycles. The van der Waals surface area contributed by atoms with Crippen molar-refractivity contribution in [3.8, 4) is 0 Å². The summed E-state index contributed by atoms with van der Waals surface area (Å²) in [4.78, 5) is 42.9. The van der Waals surface area contributed by atoms with Gasteiger partial charge in [0.05, 0.1) is 25.7 Å². The summed E-state index contributed by atoms with van der Waals surface area (Å²) in [6.07, 6.45) is 5.05. The van der Waals surface area contributed by atoms with Gasteiger partial charge in [0.1, 0.15) is 12.2 Å². The number of aliphatic carboxylic acids is 1. The lowest BCUT2D eigenvalue weighted by Crippen LogP contribution is -2.71. The summed E-state index contributed by atoms with van der Waals surface area (Å²) in [6.45, 7) is 21.1. The molecule has 260 valence electrons. The maximum atomic E-state index is 14.8. The lowest BCUT2D eigenvalue weighted by molar-refractivity contribution is -0.267. The van der Waals surface area contributed by atoms with Crippen molar-refractivity contribution in [2.24, 2.45) is 62.6 Å². The number of esters is 1. The molecular weight excluding hydrogens is 582 g/mol. The molecule has 5 rings (SSSR count). The minimum absolute atomic E-state index is 0.0497. The molecule has 4 fully saturated rings. The Kier molecular flexibility index (Phi) is 9.25. The van der Waals surface area contributed by atoms with Crippen LogP contribution in [0, 0.1) is 62.6 Å². The minimum atomic E-state index is -1.04. The van der Waals surface area contributed by atoms with Crippen LogP contribution in [0.25, 0.3) is 0 Å². The number of carbonyl (C=O) groups excluding carboxylic acids is 2. The lowest BCUT2D eigenvalue weighted by atomic mass is 9.34. The van der Waals surface area contributed by atoms with E-state index in [4.69, 9.17) is 14.2 Å². The summed E-state index contributed by atoms with van der Waals surface area (Å²) in [5, 5.41) is 10.9. The van der Waals surface area contributed by atoms with Gasteiger partial charge in [0.15, 0.2) is 5.78 Å². The van der Waals surface area contributed by atoms with Crippen molar-refractivity contribution >= 4 is 17.7 Å². The van der Waals surface area contributed by atoms with Gasteiger partial charge in [-0.25, -0.2) is 0 Å². The van der Waals surface area contributed by atoms with Crippen molar-refractivity contribution in [2.45, 2.75) is 107 Å². The monoisotopic (exact) mass is 643 g/mol. The van der Waals surface area contributed by atoms with E-state index in [9.17, 15) is 19.5 Å². The highest BCUT2D eigenvalue weighted by atomic mass is 16.6. The van der Waals surface area contributed by atoms with Gasteiger partial charge in [0.25, 0.3) is 0 Å². The van der Waals surface area contributed by atoms with Crippen LogP contribution in [0.2, 0.25) is 0 Å². The second kappa shape index (κ2) is 12.0. The van der Waals surface area contributed by atoms with E-state index in [1.807, 2.05) is 13.0 Å². The molecule has 0 radical (unpaired) electrons. The fourth-order valence-electron chi connectivity index (χ4n) is 11.9. The first-order valence-corrected chi connectivity index (χ1v) is 17.8. The van der Waals surface area contributed by atoms with Crippen LogP contribution in [0.1, 0.15) is 94.4 Å². The molecule has 1 N–H and O–H groups in total. The van der Waals surface area contributed by atoms with Crippen LogP contribution in [0.5, 0.6) is 0 Å². The molecule has 0 aromatic rings. The number of allylic oxidation sites excluding steroid dienone is 1. The number of carboxylic acids is 1. The van der Waals surface area contributed by atoms with E-state index in [1.165, 1.54) is 6.92 Å². The Balaban J connectivity index is 1.59. The Morgan fingerprint density at radius 2 is 1.74 bits per heavy atom. The molecule has 0 spiro atoms. The molecule has 0 amide bonds. The molecule has 2 bridgehead atoms. The number of hydrogen-bond donors (Lipinski definition) is 1. The van der Waals surface area contributed by atoms with Crippen molar-refractivity contribution in [2.75, 3.05) is 40.5 Å². The van der Waals surface area contributed by atoms with Crippen molar-refractivity contribution < 1.29 is 33.7 Å². The second-order valence-corrected chi connectivity index (χ2v) is 17.7. The maximum absolute atomic E-state index is 14.8. The number of rotatable bonds is 9. The third-order valence-electron chi connectivity index (χ3n) is 14.5. The smallest absolute Gasteiger partial charge is 0.308 e. The van der Waals surface area contributed by atoms with Gasteiger partial charge in [0.2, 0.25) is 0 Å². The average Bonchev–Trinajstić information content (AvgIpc) is 2.93. The topological polar surface area (TPSA) is 102 Å². The molecule has 46 heavy (non-hydrogen) atoms. The van der Waals surface area contributed by atoms with Crippen LogP contribution in [-0.2, 0) is 28.6 Å². The largest absolute Gasteiger partial charge is 0.481 e. The van der Waals surface area contributed by atoms with Crippen LogP contribution in [0.15, 0.2) is 11.6 Å². The molecular formula is C38H61NO7. The molecule has 1 heterocycles. The highest BCUT2D eigenvalue weighted by Gasteiger charge is 2.74. The van der Waals surface area contributed by atoms with Gasteiger partial charge in [-0.05, 0) is 92.7 Å². The summed E-state index contributed by atoms with van der Waals surface area (Å²) in [6, 6.07) is 0. The van der Waals surface area contributed by atoms with E-state index >= 15 is 0 Å². The summed E-state index contributed by atoms with van der Waals surface area (Å²) in [5.74, 6) is -1.02. The number of nitrogens with zero attached hydrogens (tertiary/aromatic N) is 1. The molecule has 4 aliphatic carbocycles. The predicted octanol–water partition coefficient (Wildman–Crippen LogP) is 6.27. The first kappa shape index (κ1) is 35.5. The van der Waals surface area contributed by atoms with E-state index in [0.717, 1.165) is 37.8 Å². The molecule has 0 aromatic heterocycles. The third kappa shape index (κ3) is 5.05. The van der Waals surface area contributed by atoms with Gasteiger partial charge < -0.3 is 24.2 Å². The standard InChI is InChI=1S/C38H61NO7/c1-22(2)24(4)34(6)14-15-36(8)26-12-13-29-35(7)20-44-21-38(29,27(26)16-30(41)37(36,9)31(34)33(42)43)17-28(46-25(5)40)32(35)45-19-23(3)18-39(10)11/h16,22-24,26,28-29,31-32H,12-15,17-21H2,1-11H3,(H,42,43)/t23?,24-,26+,28-,29+,31-,32+,34-,35-,36-,37+,38+/m1/s1. The van der Waals surface area contributed by atoms with Crippen molar-refractivity contribution in [1.82, 2.24) is 4.90 Å². The Labute approximate surface area is 277 Å². The summed E-state index contributed by atoms with van der Waals surface area (Å²) < 4.78 is 19.4. The lowest BCUT2D eigenvalue weighted by Gasteiger charge is -2.70. The highest BCUT2D eigenvalue weighted by molar-refractivity contribution is 6.00. The number of hydrogen-bond acceptors (Lipinski definition) is 7. The van der Waals surface area contributed by atoms with Gasteiger partial charge >= 0.3 is 11.9 Å². The van der Waals surface area contributed by atoms with E-state index < -0.39 is 45.1 Å². The molecule has 1 unspecified atom stereocenters. The normalized spacial score (nSPS) is 44.8. The van der Waals surface area contributed by atoms with Crippen LogP contribution in [0.4, 0.5) is 0 Å². The van der Waals surface area contributed by atoms with Crippen LogP contribution in [0.3, 0.4) is 0 Å². The van der Waals surface area contributed by atoms with E-state index in [1.54, 1.807) is 0 Å². The number of ketones is 1. The molecule has 8 nitrogen and oxygen atoms in total. The van der Waals surface area contributed by atoms with Crippen molar-refractivity contribution in [3.63, 3.8) is 0 Å². The Hall–Kier alpha value is -1.77. The molecule has 1 saturated heterocycles. The Bertz CT molecular complexity index is 1260. The van der Waals surface area contributed by atoms with Crippen molar-refractivity contribution in [3.05, 3.63) is 11.6 Å². The zero-order valence-corrected chi connectivity index (χ0v) is 30.4. The SMILES string of the molecule is CC(=O)O[C@@H]1C[C@@]23COC[C@](C)([C@@H]2CC[C@H]2C3=CC(=O)[C@@]3(C)[C@H](C(=O)O)[C@@](C)([C@H](C)C(C)C)CC[C@]23C)[C@H]1OCC(C)CN(C)C. The van der Waals surface area contributed by atoms with Crippen molar-refractivity contribution in [1.29, 1.82) is 0 Å². The second-order valence-electron chi connectivity index (χ2n) is 17.7. The van der Waals surface area contributed by atoms with Crippen LogP contribution in [-0.4, -0.2) is 80.4 Å². The number of fused-ring (bicyclic) bond motifs is 3. The predicted molar refractivity (Wildman–Crippen MR) is 177 cm³/mol. The number of carbonyl (C=O) groups is 3. The van der Waals surface area contributed by atoms with Gasteiger partial charge in [-0.1, -0.05) is 61.0 Å². The van der Waals surface area contributed by atoms with Gasteiger partial charge in [0, 0.05) is 29.7 Å². The minimum Gasteiger partial charge on any atom is -0.481 e. The number of ether oxygens (including phenoxy) is 3. The molecule has 12 atom stereocenters. The molecule has 5 aliphatic rings. The molecule has 0 aromatic carbocycles. The van der Waals surface area contributed by atoms with Gasteiger partial charge in [-0.15, -0.1) is 0 Å². The Morgan fingerprint density at radius 3 is 2.33 bits per heavy atom. The highest BCUT2D eigenvalue weighted by Crippen LogP contribution is 2.74. The Morgan fingerprint density at radius 1 is 1.07 bits per heavy atom. The quantitative estimate of drug-likeness (QED) is 0.294. The van der Waals surface area contributed by atoms with Gasteiger partial charge in [-0.3, -0.25) is 14.4 Å². The number of carboxylic acid groups (broad SMARTS) is 1. The third-order valence-corrected chi connectivity index (χ3v) is 14.5. The van der Waals surface area contributed by atoms with E-state index in [-0.39, 0.29) is 35.6 Å². The average molecular weight is 644 g/mol. The molecule has 8 heteroatoms. The summed E-state index contributed by atoms with van der Waals surface area (Å²) in [5.41, 5.74) is -1.84. The summed E-state index contributed by atoms with van der Waals surface area (Å²) in [7, 11) is 4.12. The maximum Gasteiger partial charge on any atom is 0.308 e.